The Balaban J connectivity index is 1.86. The molecule has 2 atom stereocenters. The van der Waals surface area contributed by atoms with Crippen LogP contribution < -0.4 is 5.32 Å². The summed E-state index contributed by atoms with van der Waals surface area (Å²) in [5.74, 6) is 1.54. The predicted molar refractivity (Wildman–Crippen MR) is 69.1 cm³/mol. The summed E-state index contributed by atoms with van der Waals surface area (Å²) in [7, 11) is -0.647. The minimum atomic E-state index is -0.647. The second-order valence-corrected chi connectivity index (χ2v) is 6.04. The molecule has 2 unspecified atom stereocenters. The molecule has 1 aliphatic rings. The van der Waals surface area contributed by atoms with E-state index < -0.39 is 10.8 Å². The van der Waals surface area contributed by atoms with E-state index in [9.17, 15) is 4.21 Å². The van der Waals surface area contributed by atoms with Crippen LogP contribution in [0.15, 0.2) is 24.3 Å². The van der Waals surface area contributed by atoms with Crippen molar-refractivity contribution in [2.24, 2.45) is 0 Å². The van der Waals surface area contributed by atoms with Crippen molar-refractivity contribution < 1.29 is 4.21 Å². The van der Waals surface area contributed by atoms with E-state index in [0.717, 1.165) is 18.1 Å². The largest absolute Gasteiger partial charge is 0.309 e. The van der Waals surface area contributed by atoms with Crippen LogP contribution in [-0.2, 0) is 17.2 Å². The van der Waals surface area contributed by atoms with Gasteiger partial charge in [-0.2, -0.15) is 0 Å². The lowest BCUT2D eigenvalue weighted by Gasteiger charge is -2.13. The minimum absolute atomic E-state index is 0.477. The molecule has 1 N–H and O–H groups in total. The first-order chi connectivity index (χ1) is 7.81. The summed E-state index contributed by atoms with van der Waals surface area (Å²) in [5.41, 5.74) is 2.90. The van der Waals surface area contributed by atoms with Crippen LogP contribution in [0.5, 0.6) is 0 Å². The maximum Gasteiger partial charge on any atom is 0.0360 e. The first-order valence-corrected chi connectivity index (χ1v) is 7.46. The van der Waals surface area contributed by atoms with Crippen molar-refractivity contribution in [2.45, 2.75) is 25.8 Å². The predicted octanol–water partition coefficient (Wildman–Crippen LogP) is 2.03. The third kappa shape index (κ3) is 2.71. The van der Waals surface area contributed by atoms with E-state index in [0.29, 0.717) is 6.04 Å². The van der Waals surface area contributed by atoms with E-state index in [2.05, 4.69) is 29.6 Å². The normalized spacial score (nSPS) is 20.7. The summed E-state index contributed by atoms with van der Waals surface area (Å²) >= 11 is 0. The fourth-order valence-electron chi connectivity index (χ4n) is 2.26. The Hall–Kier alpha value is -0.670. The lowest BCUT2D eigenvalue weighted by atomic mass is 10.1. The molecule has 0 aromatic heterocycles. The minimum Gasteiger partial charge on any atom is -0.309 e. The van der Waals surface area contributed by atoms with Crippen LogP contribution in [0.1, 0.15) is 30.5 Å². The standard InChI is InChI=1S/C13H19NOS/c1-2-16(15)10-9-14-13-8-7-11-5-3-4-6-12(11)13/h3-6,13-14H,2,7-10H2,1H3. The average molecular weight is 237 g/mol. The number of benzene rings is 1. The van der Waals surface area contributed by atoms with Crippen molar-refractivity contribution in [2.75, 3.05) is 18.1 Å². The summed E-state index contributed by atoms with van der Waals surface area (Å²) in [4.78, 5) is 0. The van der Waals surface area contributed by atoms with Crippen LogP contribution in [-0.4, -0.2) is 22.3 Å². The first-order valence-electron chi connectivity index (χ1n) is 5.97. The van der Waals surface area contributed by atoms with Crippen molar-refractivity contribution in [1.82, 2.24) is 5.32 Å². The van der Waals surface area contributed by atoms with Gasteiger partial charge in [0.25, 0.3) is 0 Å². The lowest BCUT2D eigenvalue weighted by Crippen LogP contribution is -2.24. The quantitative estimate of drug-likeness (QED) is 0.849. The van der Waals surface area contributed by atoms with E-state index in [1.54, 1.807) is 0 Å². The van der Waals surface area contributed by atoms with Gasteiger partial charge in [-0.15, -0.1) is 0 Å². The van der Waals surface area contributed by atoms with Crippen LogP contribution in [0.2, 0.25) is 0 Å². The summed E-state index contributed by atoms with van der Waals surface area (Å²) in [6.45, 7) is 2.83. The van der Waals surface area contributed by atoms with E-state index in [-0.39, 0.29) is 0 Å². The molecule has 1 aliphatic carbocycles. The molecule has 0 saturated heterocycles. The van der Waals surface area contributed by atoms with Crippen molar-refractivity contribution in [1.29, 1.82) is 0 Å². The fraction of sp³-hybridized carbons (Fsp3) is 0.538. The fourth-order valence-corrected chi connectivity index (χ4v) is 2.89. The smallest absolute Gasteiger partial charge is 0.0360 e. The number of hydrogen-bond acceptors (Lipinski definition) is 2. The Bertz CT molecular complexity index is 378. The van der Waals surface area contributed by atoms with Crippen LogP contribution in [0.25, 0.3) is 0 Å². The van der Waals surface area contributed by atoms with Crippen LogP contribution in [0.3, 0.4) is 0 Å². The number of fused-ring (bicyclic) bond motifs is 1. The Labute approximate surface area is 99.9 Å². The van der Waals surface area contributed by atoms with Gasteiger partial charge in [0, 0.05) is 34.9 Å². The van der Waals surface area contributed by atoms with Gasteiger partial charge in [0.15, 0.2) is 0 Å². The van der Waals surface area contributed by atoms with Gasteiger partial charge in [-0.05, 0) is 24.0 Å². The van der Waals surface area contributed by atoms with Gasteiger partial charge in [0.2, 0.25) is 0 Å². The third-order valence-electron chi connectivity index (χ3n) is 3.18. The summed E-state index contributed by atoms with van der Waals surface area (Å²) in [6, 6.07) is 9.10. The monoisotopic (exact) mass is 237 g/mol. The molecule has 1 aromatic carbocycles. The van der Waals surface area contributed by atoms with Gasteiger partial charge in [-0.3, -0.25) is 4.21 Å². The SMILES string of the molecule is CCS(=O)CCNC1CCc2ccccc21. The molecule has 2 nitrogen and oxygen atoms in total. The molecule has 2 rings (SSSR count). The molecule has 0 fully saturated rings. The van der Waals surface area contributed by atoms with Crippen molar-refractivity contribution in [3.63, 3.8) is 0 Å². The van der Waals surface area contributed by atoms with Gasteiger partial charge in [-0.25, -0.2) is 0 Å². The molecule has 0 heterocycles. The highest BCUT2D eigenvalue weighted by molar-refractivity contribution is 7.84. The molecule has 88 valence electrons. The highest BCUT2D eigenvalue weighted by atomic mass is 32.2. The molecule has 0 bridgehead atoms. The second-order valence-electron chi connectivity index (χ2n) is 4.18. The summed E-state index contributed by atoms with van der Waals surface area (Å²) in [5, 5.41) is 3.51. The van der Waals surface area contributed by atoms with Gasteiger partial charge >= 0.3 is 0 Å². The zero-order valence-electron chi connectivity index (χ0n) is 9.74. The van der Waals surface area contributed by atoms with Crippen LogP contribution >= 0.6 is 0 Å². The molecule has 1 aromatic rings. The van der Waals surface area contributed by atoms with Gasteiger partial charge in [0.1, 0.15) is 0 Å². The molecule has 0 aliphatic heterocycles. The molecule has 3 heteroatoms. The molecule has 0 spiro atoms. The number of hydrogen-bond donors (Lipinski definition) is 1. The van der Waals surface area contributed by atoms with Gasteiger partial charge < -0.3 is 5.32 Å². The molecular weight excluding hydrogens is 218 g/mol. The van der Waals surface area contributed by atoms with E-state index >= 15 is 0 Å². The Morgan fingerprint density at radius 1 is 1.44 bits per heavy atom. The van der Waals surface area contributed by atoms with Crippen molar-refractivity contribution in [3.05, 3.63) is 35.4 Å². The maximum atomic E-state index is 11.3. The number of aryl methyl sites for hydroxylation is 1. The molecule has 16 heavy (non-hydrogen) atoms. The van der Waals surface area contributed by atoms with Crippen LogP contribution in [0.4, 0.5) is 0 Å². The second kappa shape index (κ2) is 5.60. The van der Waals surface area contributed by atoms with Gasteiger partial charge in [0.05, 0.1) is 0 Å². The van der Waals surface area contributed by atoms with Crippen LogP contribution in [0, 0.1) is 0 Å². The molecule has 0 saturated carbocycles. The van der Waals surface area contributed by atoms with Crippen molar-refractivity contribution >= 4 is 10.8 Å². The van der Waals surface area contributed by atoms with E-state index in [1.807, 2.05) is 6.92 Å². The highest BCUT2D eigenvalue weighted by Gasteiger charge is 2.20. The highest BCUT2D eigenvalue weighted by Crippen LogP contribution is 2.30. The molecule has 0 amide bonds. The Kier molecular flexibility index (Phi) is 4.13. The third-order valence-corrected chi connectivity index (χ3v) is 4.48. The summed E-state index contributed by atoms with van der Waals surface area (Å²) < 4.78 is 11.3. The Morgan fingerprint density at radius 3 is 3.06 bits per heavy atom. The topological polar surface area (TPSA) is 29.1 Å². The van der Waals surface area contributed by atoms with E-state index in [4.69, 9.17) is 0 Å². The first kappa shape index (κ1) is 11.8. The summed E-state index contributed by atoms with van der Waals surface area (Å²) in [6.07, 6.45) is 2.35. The average Bonchev–Trinajstić information content (AvgIpc) is 2.73. The number of nitrogens with one attached hydrogen (secondary N) is 1. The van der Waals surface area contributed by atoms with E-state index in [1.165, 1.54) is 24.0 Å². The zero-order valence-corrected chi connectivity index (χ0v) is 10.6. The Morgan fingerprint density at radius 2 is 2.25 bits per heavy atom. The van der Waals surface area contributed by atoms with Gasteiger partial charge in [-0.1, -0.05) is 31.2 Å². The zero-order chi connectivity index (χ0) is 11.4. The van der Waals surface area contributed by atoms with Crippen molar-refractivity contribution in [3.8, 4) is 0 Å². The molecule has 0 radical (unpaired) electrons. The molecular formula is C13H19NOS. The number of rotatable bonds is 5. The maximum absolute atomic E-state index is 11.3. The lowest BCUT2D eigenvalue weighted by molar-refractivity contribution is 0.549.